The van der Waals surface area contributed by atoms with Gasteiger partial charge in [0.25, 0.3) is 10.1 Å². The first-order chi connectivity index (χ1) is 8.89. The molecule has 0 radical (unpaired) electrons. The first-order valence-electron chi connectivity index (χ1n) is 5.24. The zero-order valence-corrected chi connectivity index (χ0v) is 10.5. The van der Waals surface area contributed by atoms with E-state index in [-0.39, 0.29) is 11.3 Å². The van der Waals surface area contributed by atoms with Crippen molar-refractivity contribution in [2.24, 2.45) is 5.73 Å². The molecule has 1 atom stereocenters. The lowest BCUT2D eigenvalue weighted by atomic mass is 10.1. The van der Waals surface area contributed by atoms with E-state index in [9.17, 15) is 17.8 Å². The fraction of sp³-hybridized carbons (Fsp3) is 0.0909. The largest absolute Gasteiger partial charge is 0.366 e. The van der Waals surface area contributed by atoms with Gasteiger partial charge in [-0.2, -0.15) is 8.42 Å². The van der Waals surface area contributed by atoms with Gasteiger partial charge >= 0.3 is 0 Å². The average Bonchev–Trinajstić information content (AvgIpc) is 2.81. The molecule has 2 rings (SSSR count). The summed E-state index contributed by atoms with van der Waals surface area (Å²) in [5, 5.41) is -1.30. The SMILES string of the molecule is NC(=O)c1ccc(C(c2c[nH]cn2)S(=O)(=O)O)cc1. The second-order valence-electron chi connectivity index (χ2n) is 3.88. The summed E-state index contributed by atoms with van der Waals surface area (Å²) >= 11 is 0. The molecule has 100 valence electrons. The molecule has 1 amide bonds. The third-order valence-corrected chi connectivity index (χ3v) is 3.69. The van der Waals surface area contributed by atoms with Crippen molar-refractivity contribution < 1.29 is 17.8 Å². The van der Waals surface area contributed by atoms with E-state index in [4.69, 9.17) is 5.73 Å². The van der Waals surface area contributed by atoms with Crippen LogP contribution in [0.1, 0.15) is 26.9 Å². The van der Waals surface area contributed by atoms with Crippen LogP contribution in [0.3, 0.4) is 0 Å². The molecule has 1 aromatic carbocycles. The number of nitrogens with zero attached hydrogens (tertiary/aromatic N) is 1. The Morgan fingerprint density at radius 3 is 2.37 bits per heavy atom. The Morgan fingerprint density at radius 2 is 1.95 bits per heavy atom. The van der Waals surface area contributed by atoms with Crippen molar-refractivity contribution in [3.05, 3.63) is 53.6 Å². The molecule has 4 N–H and O–H groups in total. The van der Waals surface area contributed by atoms with Crippen LogP contribution in [0.4, 0.5) is 0 Å². The number of H-pyrrole nitrogens is 1. The van der Waals surface area contributed by atoms with Crippen LogP contribution in [0.2, 0.25) is 0 Å². The number of hydrogen-bond acceptors (Lipinski definition) is 4. The molecule has 19 heavy (non-hydrogen) atoms. The summed E-state index contributed by atoms with van der Waals surface area (Å²) in [6.07, 6.45) is 2.69. The van der Waals surface area contributed by atoms with Crippen LogP contribution >= 0.6 is 0 Å². The molecule has 0 bridgehead atoms. The van der Waals surface area contributed by atoms with E-state index < -0.39 is 21.3 Å². The number of carbonyl (C=O) groups excluding carboxylic acids is 1. The van der Waals surface area contributed by atoms with Crippen molar-refractivity contribution in [3.63, 3.8) is 0 Å². The van der Waals surface area contributed by atoms with Crippen LogP contribution in [-0.4, -0.2) is 28.8 Å². The summed E-state index contributed by atoms with van der Waals surface area (Å²) in [6, 6.07) is 5.60. The van der Waals surface area contributed by atoms with E-state index >= 15 is 0 Å². The number of nitrogens with two attached hydrogens (primary N) is 1. The van der Waals surface area contributed by atoms with Gasteiger partial charge in [0.05, 0.1) is 12.0 Å². The predicted octanol–water partition coefficient (Wildman–Crippen LogP) is 0.486. The van der Waals surface area contributed by atoms with Crippen molar-refractivity contribution in [1.82, 2.24) is 9.97 Å². The number of rotatable bonds is 4. The number of nitrogens with one attached hydrogen (secondary N) is 1. The summed E-state index contributed by atoms with van der Waals surface area (Å²) in [5.74, 6) is -0.616. The molecule has 0 fully saturated rings. The Hall–Kier alpha value is -2.19. The highest BCUT2D eigenvalue weighted by Crippen LogP contribution is 2.27. The molecule has 0 saturated carbocycles. The topological polar surface area (TPSA) is 126 Å². The van der Waals surface area contributed by atoms with Crippen molar-refractivity contribution >= 4 is 16.0 Å². The Labute approximate surface area is 109 Å². The lowest BCUT2D eigenvalue weighted by Gasteiger charge is -2.12. The molecule has 1 heterocycles. The second kappa shape index (κ2) is 4.82. The van der Waals surface area contributed by atoms with Gasteiger partial charge in [-0.25, -0.2) is 4.98 Å². The number of amides is 1. The van der Waals surface area contributed by atoms with Gasteiger partial charge in [-0.3, -0.25) is 9.35 Å². The van der Waals surface area contributed by atoms with Crippen LogP contribution in [0, 0.1) is 0 Å². The molecular formula is C11H11N3O4S. The minimum absolute atomic E-state index is 0.161. The molecule has 0 saturated heterocycles. The van der Waals surface area contributed by atoms with E-state index in [0.29, 0.717) is 5.56 Å². The molecule has 0 aliphatic carbocycles. The van der Waals surface area contributed by atoms with Crippen molar-refractivity contribution in [1.29, 1.82) is 0 Å². The fourth-order valence-electron chi connectivity index (χ4n) is 1.73. The van der Waals surface area contributed by atoms with Crippen molar-refractivity contribution in [2.45, 2.75) is 5.25 Å². The lowest BCUT2D eigenvalue weighted by molar-refractivity contribution is 0.100. The molecule has 0 aliphatic heterocycles. The number of hydrogen-bond donors (Lipinski definition) is 3. The number of benzene rings is 1. The molecular weight excluding hydrogens is 270 g/mol. The first-order valence-corrected chi connectivity index (χ1v) is 6.74. The smallest absolute Gasteiger partial charge is 0.277 e. The molecule has 0 aliphatic rings. The average molecular weight is 281 g/mol. The van der Waals surface area contributed by atoms with E-state index in [1.165, 1.54) is 36.8 Å². The summed E-state index contributed by atoms with van der Waals surface area (Å²) in [5.41, 5.74) is 5.80. The van der Waals surface area contributed by atoms with Crippen LogP contribution in [0.25, 0.3) is 0 Å². The zero-order chi connectivity index (χ0) is 14.0. The third kappa shape index (κ3) is 2.80. The Bertz CT molecular complexity index is 677. The van der Waals surface area contributed by atoms with E-state index in [2.05, 4.69) is 9.97 Å². The fourth-order valence-corrected chi connectivity index (χ4v) is 2.67. The first kappa shape index (κ1) is 13.2. The standard InChI is InChI=1S/C11H11N3O4S/c12-11(15)8-3-1-7(2-4-8)10(19(16,17)18)9-5-13-6-14-9/h1-6,10H,(H2,12,15)(H,13,14)(H,16,17,18). The maximum absolute atomic E-state index is 11.5. The van der Waals surface area contributed by atoms with Crippen LogP contribution in [0.5, 0.6) is 0 Å². The number of primary amides is 1. The Kier molecular flexibility index (Phi) is 3.36. The summed E-state index contributed by atoms with van der Waals surface area (Å²) in [7, 11) is -4.37. The van der Waals surface area contributed by atoms with Gasteiger partial charge in [-0.15, -0.1) is 0 Å². The Morgan fingerprint density at radius 1 is 1.32 bits per heavy atom. The highest BCUT2D eigenvalue weighted by Gasteiger charge is 2.28. The zero-order valence-electron chi connectivity index (χ0n) is 9.65. The highest BCUT2D eigenvalue weighted by atomic mass is 32.2. The van der Waals surface area contributed by atoms with Gasteiger partial charge in [0, 0.05) is 11.8 Å². The van der Waals surface area contributed by atoms with Crippen molar-refractivity contribution in [3.8, 4) is 0 Å². The lowest BCUT2D eigenvalue weighted by Crippen LogP contribution is -2.15. The maximum Gasteiger partial charge on any atom is 0.277 e. The van der Waals surface area contributed by atoms with Crippen LogP contribution < -0.4 is 5.73 Å². The summed E-state index contributed by atoms with van der Waals surface area (Å²) < 4.78 is 32.2. The summed E-state index contributed by atoms with van der Waals surface area (Å²) in [6.45, 7) is 0. The minimum Gasteiger partial charge on any atom is -0.366 e. The molecule has 7 nitrogen and oxygen atoms in total. The van der Waals surface area contributed by atoms with Gasteiger partial charge in [0.1, 0.15) is 0 Å². The van der Waals surface area contributed by atoms with Gasteiger partial charge in [-0.1, -0.05) is 12.1 Å². The monoisotopic (exact) mass is 281 g/mol. The molecule has 1 aromatic heterocycles. The number of aromatic amines is 1. The van der Waals surface area contributed by atoms with E-state index in [0.717, 1.165) is 0 Å². The highest BCUT2D eigenvalue weighted by molar-refractivity contribution is 7.86. The Balaban J connectivity index is 2.48. The van der Waals surface area contributed by atoms with Gasteiger partial charge in [0.15, 0.2) is 5.25 Å². The molecule has 0 spiro atoms. The second-order valence-corrected chi connectivity index (χ2v) is 5.38. The quantitative estimate of drug-likeness (QED) is 0.703. The van der Waals surface area contributed by atoms with E-state index in [1.807, 2.05) is 0 Å². The molecule has 8 heteroatoms. The van der Waals surface area contributed by atoms with Crippen LogP contribution in [-0.2, 0) is 10.1 Å². The minimum atomic E-state index is -4.37. The number of aromatic nitrogens is 2. The maximum atomic E-state index is 11.5. The van der Waals surface area contributed by atoms with Gasteiger partial charge < -0.3 is 10.7 Å². The molecule has 2 aromatic rings. The number of imidazole rings is 1. The normalized spacial score (nSPS) is 13.1. The van der Waals surface area contributed by atoms with Gasteiger partial charge in [0.2, 0.25) is 5.91 Å². The van der Waals surface area contributed by atoms with Gasteiger partial charge in [-0.05, 0) is 17.7 Å². The van der Waals surface area contributed by atoms with Crippen LogP contribution in [0.15, 0.2) is 36.8 Å². The predicted molar refractivity (Wildman–Crippen MR) is 66.9 cm³/mol. The van der Waals surface area contributed by atoms with Crippen molar-refractivity contribution in [2.75, 3.05) is 0 Å². The van der Waals surface area contributed by atoms with E-state index in [1.54, 1.807) is 0 Å². The third-order valence-electron chi connectivity index (χ3n) is 2.58. The summed E-state index contributed by atoms with van der Waals surface area (Å²) in [4.78, 5) is 17.4. The molecule has 1 unspecified atom stereocenters. The number of carbonyl (C=O) groups is 1.